The number of aromatic hydroxyl groups is 1. The van der Waals surface area contributed by atoms with Crippen LogP contribution in [0.5, 0.6) is 23.0 Å². The zero-order valence-electron chi connectivity index (χ0n) is 32.5. The van der Waals surface area contributed by atoms with Gasteiger partial charge in [0.15, 0.2) is 11.5 Å². The molecule has 2 aliphatic heterocycles. The molecular weight excluding hydrogens is 871 g/mol. The van der Waals surface area contributed by atoms with Gasteiger partial charge in [0.1, 0.15) is 5.75 Å². The Morgan fingerprint density at radius 2 is 1.37 bits per heavy atom. The molecule has 4 aliphatic rings. The first-order chi connectivity index (χ1) is 29.3. The lowest BCUT2D eigenvalue weighted by Crippen LogP contribution is -2.53. The van der Waals surface area contributed by atoms with E-state index in [0.29, 0.717) is 33.9 Å². The summed E-state index contributed by atoms with van der Waals surface area (Å²) in [6.07, 6.45) is -9.44. The number of ether oxygens (including phenoxy) is 3. The number of carbonyl (C=O) groups is 4. The normalized spacial score (nSPS) is 24.7. The molecule has 324 valence electrons. The molecule has 0 aromatic heterocycles. The number of phenolic OH excluding ortho intramolecular Hbond substituents is 1. The van der Waals surface area contributed by atoms with Crippen LogP contribution in [0.2, 0.25) is 10.0 Å². The van der Waals surface area contributed by atoms with E-state index in [1.807, 2.05) is 0 Å². The first kappa shape index (κ1) is 42.7. The number of alkyl halides is 6. The van der Waals surface area contributed by atoms with Gasteiger partial charge in [0, 0.05) is 10.9 Å². The smallest absolute Gasteiger partial charge is 0.416 e. The Bertz CT molecular complexity index is 2530. The summed E-state index contributed by atoms with van der Waals surface area (Å²) in [4.78, 5) is 59.8. The molecule has 8 rings (SSSR count). The van der Waals surface area contributed by atoms with Crippen molar-refractivity contribution in [3.8, 4) is 23.0 Å². The molecule has 2 saturated heterocycles. The van der Waals surface area contributed by atoms with Crippen LogP contribution in [0.15, 0.2) is 84.4 Å². The second-order valence-corrected chi connectivity index (χ2v) is 16.1. The van der Waals surface area contributed by atoms with E-state index in [1.54, 1.807) is 30.3 Å². The molecule has 0 unspecified atom stereocenters. The lowest BCUT2D eigenvalue weighted by Gasteiger charge is -2.50. The second-order valence-electron chi connectivity index (χ2n) is 15.3. The number of nitrogens with one attached hydrogen (secondary N) is 1. The van der Waals surface area contributed by atoms with Crippen LogP contribution in [-0.4, -0.2) is 55.1 Å². The zero-order valence-corrected chi connectivity index (χ0v) is 34.0. The average molecular weight is 905 g/mol. The van der Waals surface area contributed by atoms with Crippen LogP contribution in [0.3, 0.4) is 0 Å². The Kier molecular flexibility index (Phi) is 10.4. The van der Waals surface area contributed by atoms with Crippen molar-refractivity contribution in [3.05, 3.63) is 117 Å². The van der Waals surface area contributed by atoms with E-state index in [9.17, 15) is 41.0 Å². The van der Waals surface area contributed by atoms with Gasteiger partial charge in [0.2, 0.25) is 17.6 Å². The number of benzene rings is 4. The molecule has 2 heterocycles. The first-order valence-electron chi connectivity index (χ1n) is 18.8. The van der Waals surface area contributed by atoms with Crippen LogP contribution in [0.25, 0.3) is 0 Å². The van der Waals surface area contributed by atoms with Crippen molar-refractivity contribution in [2.75, 3.05) is 31.7 Å². The number of methoxy groups -OCH3 is 3. The van der Waals surface area contributed by atoms with Gasteiger partial charge in [-0.3, -0.25) is 24.6 Å². The molecule has 4 aromatic carbocycles. The van der Waals surface area contributed by atoms with E-state index in [2.05, 4.69) is 5.43 Å². The molecule has 4 amide bonds. The number of amides is 4. The third-order valence-corrected chi connectivity index (χ3v) is 12.8. The highest BCUT2D eigenvalue weighted by molar-refractivity contribution is 6.36. The maximum absolute atomic E-state index is 15.5. The molecule has 2 aliphatic carbocycles. The van der Waals surface area contributed by atoms with Gasteiger partial charge < -0.3 is 19.3 Å². The number of anilines is 2. The number of phenols is 1. The first-order valence-corrected chi connectivity index (χ1v) is 19.6. The fourth-order valence-corrected chi connectivity index (χ4v) is 10.1. The number of fused-ring (bicyclic) bond motifs is 4. The van der Waals surface area contributed by atoms with Gasteiger partial charge >= 0.3 is 12.4 Å². The van der Waals surface area contributed by atoms with Gasteiger partial charge in [0.25, 0.3) is 11.8 Å². The number of hydrogen-bond donors (Lipinski definition) is 2. The molecule has 62 heavy (non-hydrogen) atoms. The Hall–Kier alpha value is -5.94. The van der Waals surface area contributed by atoms with E-state index in [4.69, 9.17) is 37.4 Å². The van der Waals surface area contributed by atoms with E-state index >= 15 is 9.59 Å². The van der Waals surface area contributed by atoms with Gasteiger partial charge in [-0.25, -0.2) is 4.90 Å². The van der Waals surface area contributed by atoms with Gasteiger partial charge in [-0.05, 0) is 90.6 Å². The summed E-state index contributed by atoms with van der Waals surface area (Å²) >= 11 is 12.6. The summed E-state index contributed by atoms with van der Waals surface area (Å²) in [5, 5.41) is 12.1. The summed E-state index contributed by atoms with van der Waals surface area (Å²) in [5.74, 6) is -10.2. The maximum atomic E-state index is 15.5. The second kappa shape index (κ2) is 15.1. The molecule has 0 bridgehead atoms. The van der Waals surface area contributed by atoms with E-state index in [0.717, 1.165) is 5.01 Å². The lowest BCUT2D eigenvalue weighted by molar-refractivity contribution is -0.143. The molecular formula is C43H33Cl2F6N3O8. The van der Waals surface area contributed by atoms with Crippen LogP contribution < -0.4 is 24.5 Å². The molecule has 6 atom stereocenters. The standard InChI is InChI=1S/C43H33Cl2F6N3O8/c1-60-25-7-4-20(5-8-25)41-29(38(57)54(40(41)59)52-31-11-6-23(44)17-30(31)45)18-28-26(35(41)19-12-32(61-2)36(55)33(13-19)62-3)9-10-27-34(28)39(58)53(37(27)56)24-15-21(42(46,47)48)14-22(16-24)43(49,50)51/h4-9,11-17,27-29,34-35,52,55H,10,18H2,1-3H3/t27-,28+,29-,34-,35-,41+/m0/s1. The zero-order chi connectivity index (χ0) is 44.8. The highest BCUT2D eigenvalue weighted by Gasteiger charge is 2.70. The number of allylic oxidation sites excluding steroid dienone is 2. The average Bonchev–Trinajstić information content (AvgIpc) is 3.61. The molecule has 19 heteroatoms. The van der Waals surface area contributed by atoms with E-state index < -0.39 is 93.5 Å². The Morgan fingerprint density at radius 3 is 1.92 bits per heavy atom. The molecule has 1 saturated carbocycles. The minimum absolute atomic E-state index is 0.0497. The van der Waals surface area contributed by atoms with Crippen molar-refractivity contribution < 1.29 is 64.8 Å². The Labute approximate surface area is 358 Å². The number of carbonyl (C=O) groups excluding carboxylic acids is 4. The number of rotatable bonds is 8. The number of imide groups is 2. The van der Waals surface area contributed by atoms with Crippen molar-refractivity contribution >= 4 is 58.2 Å². The van der Waals surface area contributed by atoms with Crippen molar-refractivity contribution in [2.24, 2.45) is 23.7 Å². The van der Waals surface area contributed by atoms with Gasteiger partial charge in [0.05, 0.1) is 72.0 Å². The van der Waals surface area contributed by atoms with Crippen molar-refractivity contribution in [3.63, 3.8) is 0 Å². The molecule has 4 aromatic rings. The predicted octanol–water partition coefficient (Wildman–Crippen LogP) is 8.95. The third-order valence-electron chi connectivity index (χ3n) is 12.2. The summed E-state index contributed by atoms with van der Waals surface area (Å²) in [6.45, 7) is 0. The summed E-state index contributed by atoms with van der Waals surface area (Å²) < 4.78 is 100. The van der Waals surface area contributed by atoms with Crippen molar-refractivity contribution in [2.45, 2.75) is 36.5 Å². The van der Waals surface area contributed by atoms with Crippen molar-refractivity contribution in [1.29, 1.82) is 0 Å². The monoisotopic (exact) mass is 903 g/mol. The summed E-state index contributed by atoms with van der Waals surface area (Å²) in [6, 6.07) is 14.1. The fourth-order valence-electron chi connectivity index (χ4n) is 9.62. The van der Waals surface area contributed by atoms with Gasteiger partial charge in [-0.1, -0.05) is 47.0 Å². The lowest BCUT2D eigenvalue weighted by atomic mass is 9.49. The fraction of sp³-hybridized carbons (Fsp3) is 0.302. The highest BCUT2D eigenvalue weighted by Crippen LogP contribution is 2.65. The number of hydrogen-bond acceptors (Lipinski definition) is 9. The van der Waals surface area contributed by atoms with E-state index in [-0.39, 0.29) is 51.7 Å². The van der Waals surface area contributed by atoms with Crippen LogP contribution in [0.1, 0.15) is 41.0 Å². The van der Waals surface area contributed by atoms with Crippen molar-refractivity contribution in [1.82, 2.24) is 5.01 Å². The topological polar surface area (TPSA) is 135 Å². The molecule has 0 spiro atoms. The maximum Gasteiger partial charge on any atom is 0.416 e. The van der Waals surface area contributed by atoms with Gasteiger partial charge in [-0.15, -0.1) is 0 Å². The molecule has 2 N–H and O–H groups in total. The third kappa shape index (κ3) is 6.58. The minimum Gasteiger partial charge on any atom is -0.502 e. The SMILES string of the molecule is COc1ccc([C@@]23C(=O)N(Nc4ccc(Cl)cc4Cl)C(=O)[C@@H]2C[C@@H]2C(=CC[C@@H]4C(=O)N(c5cc(C(F)(F)F)cc(C(F)(F)F)c5)C(=O)[C@@H]42)[C@@H]3c2cc(OC)c(O)c(OC)c2)cc1. The summed E-state index contributed by atoms with van der Waals surface area (Å²) in [7, 11) is 3.98. The Balaban J connectivity index is 1.35. The molecule has 11 nitrogen and oxygen atoms in total. The predicted molar refractivity (Wildman–Crippen MR) is 211 cm³/mol. The number of hydrazine groups is 1. The quantitative estimate of drug-likeness (QED) is 0.101. The highest BCUT2D eigenvalue weighted by atomic mass is 35.5. The summed E-state index contributed by atoms with van der Waals surface area (Å²) in [5.41, 5.74) is -2.37. The van der Waals surface area contributed by atoms with Crippen LogP contribution in [0.4, 0.5) is 37.7 Å². The molecule has 0 radical (unpaired) electrons. The van der Waals surface area contributed by atoms with Gasteiger partial charge in [-0.2, -0.15) is 31.4 Å². The molecule has 3 fully saturated rings. The number of halogens is 8. The Morgan fingerprint density at radius 1 is 0.758 bits per heavy atom. The van der Waals surface area contributed by atoms with Crippen LogP contribution in [0, 0.1) is 23.7 Å². The largest absolute Gasteiger partial charge is 0.502 e. The van der Waals surface area contributed by atoms with E-state index in [1.165, 1.54) is 51.7 Å². The van der Waals surface area contributed by atoms with Crippen LogP contribution in [-0.2, 0) is 36.9 Å². The number of nitrogens with zero attached hydrogens (tertiary/aromatic N) is 2. The van der Waals surface area contributed by atoms with Crippen LogP contribution >= 0.6 is 23.2 Å². The minimum atomic E-state index is -5.28.